The number of amides is 3. The minimum atomic E-state index is -0.410. The molecule has 1 aliphatic heterocycles. The zero-order chi connectivity index (χ0) is 30.9. The van der Waals surface area contributed by atoms with Gasteiger partial charge in [0.2, 0.25) is 5.91 Å². The summed E-state index contributed by atoms with van der Waals surface area (Å²) in [5.41, 5.74) is 5.49. The van der Waals surface area contributed by atoms with Crippen molar-refractivity contribution in [2.45, 2.75) is 44.9 Å². The van der Waals surface area contributed by atoms with Crippen molar-refractivity contribution in [3.63, 3.8) is 0 Å². The quantitative estimate of drug-likeness (QED) is 0.305. The first-order valence-electron chi connectivity index (χ1n) is 14.1. The molecule has 0 saturated carbocycles. The van der Waals surface area contributed by atoms with Crippen LogP contribution in [-0.4, -0.2) is 51.8 Å². The van der Waals surface area contributed by atoms with Gasteiger partial charge in [-0.25, -0.2) is 4.79 Å². The van der Waals surface area contributed by atoms with E-state index in [9.17, 15) is 19.2 Å². The van der Waals surface area contributed by atoms with Crippen molar-refractivity contribution in [3.05, 3.63) is 82.9 Å². The van der Waals surface area contributed by atoms with E-state index >= 15 is 0 Å². The Morgan fingerprint density at radius 3 is 2.23 bits per heavy atom. The van der Waals surface area contributed by atoms with E-state index in [1.807, 2.05) is 49.4 Å². The van der Waals surface area contributed by atoms with Crippen LogP contribution in [0.25, 0.3) is 0 Å². The molecule has 0 fully saturated rings. The number of hydrogen-bond donors (Lipinski definition) is 2. The third kappa shape index (κ3) is 7.91. The fraction of sp³-hybridized carbons (Fsp3) is 0.333. The van der Waals surface area contributed by atoms with E-state index in [4.69, 9.17) is 14.2 Å². The summed E-state index contributed by atoms with van der Waals surface area (Å²) >= 11 is 0. The van der Waals surface area contributed by atoms with Crippen molar-refractivity contribution in [1.29, 1.82) is 0 Å². The SMILES string of the molecule is COC(=O)CC(CC(=O)OC)c1ccc2c(c1)CCCN2C(=O)Cc1ccc(NC(=O)Nc2ccccc2C)c(OC)c1. The molecule has 0 unspecified atom stereocenters. The molecular formula is C33H37N3O7. The molecule has 1 heterocycles. The van der Waals surface area contributed by atoms with Crippen molar-refractivity contribution in [2.24, 2.45) is 0 Å². The van der Waals surface area contributed by atoms with Crippen LogP contribution in [0.2, 0.25) is 0 Å². The maximum Gasteiger partial charge on any atom is 0.323 e. The maximum atomic E-state index is 13.5. The molecule has 2 N–H and O–H groups in total. The Labute approximate surface area is 251 Å². The number of methoxy groups -OCH3 is 3. The van der Waals surface area contributed by atoms with E-state index in [1.165, 1.54) is 21.3 Å². The molecule has 0 aromatic heterocycles. The Balaban J connectivity index is 1.47. The van der Waals surface area contributed by atoms with Gasteiger partial charge in [-0.05, 0) is 66.3 Å². The lowest BCUT2D eigenvalue weighted by atomic mass is 9.89. The van der Waals surface area contributed by atoms with Crippen LogP contribution in [0.1, 0.15) is 47.4 Å². The summed E-state index contributed by atoms with van der Waals surface area (Å²) in [4.78, 5) is 51.9. The first-order chi connectivity index (χ1) is 20.7. The van der Waals surface area contributed by atoms with Crippen molar-refractivity contribution in [3.8, 4) is 5.75 Å². The molecular weight excluding hydrogens is 550 g/mol. The monoisotopic (exact) mass is 587 g/mol. The smallest absolute Gasteiger partial charge is 0.323 e. The molecule has 0 spiro atoms. The van der Waals surface area contributed by atoms with Crippen LogP contribution >= 0.6 is 0 Å². The maximum absolute atomic E-state index is 13.5. The van der Waals surface area contributed by atoms with Crippen molar-refractivity contribution in [2.75, 3.05) is 43.4 Å². The van der Waals surface area contributed by atoms with Crippen LogP contribution in [-0.2, 0) is 36.7 Å². The fourth-order valence-electron chi connectivity index (χ4n) is 5.21. The van der Waals surface area contributed by atoms with E-state index in [0.29, 0.717) is 23.7 Å². The predicted octanol–water partition coefficient (Wildman–Crippen LogP) is 5.38. The van der Waals surface area contributed by atoms with Gasteiger partial charge in [-0.2, -0.15) is 0 Å². The molecule has 0 radical (unpaired) electrons. The summed E-state index contributed by atoms with van der Waals surface area (Å²) in [6.45, 7) is 2.49. The second-order valence-electron chi connectivity index (χ2n) is 10.4. The number of fused-ring (bicyclic) bond motifs is 1. The van der Waals surface area contributed by atoms with Gasteiger partial charge in [-0.15, -0.1) is 0 Å². The molecule has 10 nitrogen and oxygen atoms in total. The molecule has 0 saturated heterocycles. The van der Waals surface area contributed by atoms with Crippen LogP contribution in [0, 0.1) is 6.92 Å². The minimum Gasteiger partial charge on any atom is -0.495 e. The van der Waals surface area contributed by atoms with E-state index in [2.05, 4.69) is 10.6 Å². The number of carbonyl (C=O) groups excluding carboxylic acids is 4. The third-order valence-corrected chi connectivity index (χ3v) is 7.54. The number of carbonyl (C=O) groups is 4. The average Bonchev–Trinajstić information content (AvgIpc) is 3.01. The number of nitrogens with one attached hydrogen (secondary N) is 2. The molecule has 10 heteroatoms. The van der Waals surface area contributed by atoms with E-state index < -0.39 is 23.9 Å². The van der Waals surface area contributed by atoms with Crippen molar-refractivity contribution < 1.29 is 33.4 Å². The predicted molar refractivity (Wildman–Crippen MR) is 164 cm³/mol. The molecule has 3 amide bonds. The lowest BCUT2D eigenvalue weighted by molar-refractivity contribution is -0.143. The van der Waals surface area contributed by atoms with Gasteiger partial charge in [0.15, 0.2) is 0 Å². The molecule has 3 aromatic rings. The number of para-hydroxylation sites is 1. The Kier molecular flexibility index (Phi) is 10.4. The first-order valence-corrected chi connectivity index (χ1v) is 14.1. The lowest BCUT2D eigenvalue weighted by Crippen LogP contribution is -2.36. The van der Waals surface area contributed by atoms with Gasteiger partial charge < -0.3 is 29.7 Å². The average molecular weight is 588 g/mol. The zero-order valence-electron chi connectivity index (χ0n) is 24.9. The number of ether oxygens (including phenoxy) is 3. The summed E-state index contributed by atoms with van der Waals surface area (Å²) in [6.07, 6.45) is 1.79. The topological polar surface area (TPSA) is 123 Å². The molecule has 0 aliphatic carbocycles. The highest BCUT2D eigenvalue weighted by Gasteiger charge is 2.26. The van der Waals surface area contributed by atoms with Gasteiger partial charge in [0, 0.05) is 23.8 Å². The lowest BCUT2D eigenvalue weighted by Gasteiger charge is -2.31. The summed E-state index contributed by atoms with van der Waals surface area (Å²) < 4.78 is 15.2. The number of benzene rings is 3. The highest BCUT2D eigenvalue weighted by molar-refractivity contribution is 6.01. The minimum absolute atomic E-state index is 0.0489. The van der Waals surface area contributed by atoms with Crippen LogP contribution in [0.4, 0.5) is 21.9 Å². The highest BCUT2D eigenvalue weighted by atomic mass is 16.5. The number of nitrogens with zero attached hydrogens (tertiary/aromatic N) is 1. The Bertz CT molecular complexity index is 1490. The fourth-order valence-corrected chi connectivity index (χ4v) is 5.21. The number of rotatable bonds is 10. The second kappa shape index (κ2) is 14.4. The van der Waals surface area contributed by atoms with E-state index in [-0.39, 0.29) is 25.2 Å². The largest absolute Gasteiger partial charge is 0.495 e. The van der Waals surface area contributed by atoms with E-state index in [0.717, 1.165) is 40.8 Å². The standard InChI is InChI=1S/C33H37N3O7/c1-21-8-5-6-10-26(21)34-33(40)35-27-13-11-22(16-29(27)41-2)17-30(37)36-15-7-9-24-18-23(12-14-28(24)36)25(19-31(38)42-3)20-32(39)43-4/h5-6,8,10-14,16,18,25H,7,9,15,17,19-20H2,1-4H3,(H2,34,35,40). The molecule has 0 atom stereocenters. The van der Waals surface area contributed by atoms with E-state index in [1.54, 1.807) is 23.1 Å². The first kappa shape index (κ1) is 31.1. The third-order valence-electron chi connectivity index (χ3n) is 7.54. The number of hydrogen-bond acceptors (Lipinski definition) is 7. The number of anilines is 3. The molecule has 3 aromatic carbocycles. The zero-order valence-corrected chi connectivity index (χ0v) is 24.9. The molecule has 43 heavy (non-hydrogen) atoms. The second-order valence-corrected chi connectivity index (χ2v) is 10.4. The molecule has 226 valence electrons. The number of esters is 2. The van der Waals surface area contributed by atoms with Gasteiger partial charge in [0.25, 0.3) is 0 Å². The van der Waals surface area contributed by atoms with Gasteiger partial charge in [-0.1, -0.05) is 36.4 Å². The van der Waals surface area contributed by atoms with Crippen LogP contribution < -0.4 is 20.3 Å². The Hall–Kier alpha value is -4.86. The summed E-state index contributed by atoms with van der Waals surface area (Å²) in [7, 11) is 4.14. The van der Waals surface area contributed by atoms with Gasteiger partial charge in [0.1, 0.15) is 5.75 Å². The number of aryl methyl sites for hydroxylation is 2. The number of urea groups is 1. The highest BCUT2D eigenvalue weighted by Crippen LogP contribution is 2.34. The summed E-state index contributed by atoms with van der Waals surface area (Å²) in [5, 5.41) is 5.64. The van der Waals surface area contributed by atoms with Gasteiger partial charge >= 0.3 is 18.0 Å². The van der Waals surface area contributed by atoms with Crippen LogP contribution in [0.3, 0.4) is 0 Å². The van der Waals surface area contributed by atoms with Crippen molar-refractivity contribution in [1.82, 2.24) is 0 Å². The van der Waals surface area contributed by atoms with Crippen LogP contribution in [0.15, 0.2) is 60.7 Å². The van der Waals surface area contributed by atoms with Gasteiger partial charge in [-0.3, -0.25) is 14.4 Å². The summed E-state index contributed by atoms with van der Waals surface area (Å²) in [6, 6.07) is 18.0. The molecule has 4 rings (SSSR count). The normalized spacial score (nSPS) is 12.3. The summed E-state index contributed by atoms with van der Waals surface area (Å²) in [5.74, 6) is -0.848. The van der Waals surface area contributed by atoms with Gasteiger partial charge in [0.05, 0.1) is 46.3 Å². The Morgan fingerprint density at radius 2 is 1.56 bits per heavy atom. The van der Waals surface area contributed by atoms with Crippen molar-refractivity contribution >= 4 is 40.9 Å². The van der Waals surface area contributed by atoms with Crippen LogP contribution in [0.5, 0.6) is 5.75 Å². The molecule has 1 aliphatic rings. The molecule has 0 bridgehead atoms. The Morgan fingerprint density at radius 1 is 0.860 bits per heavy atom.